The number of anilines is 1. The van der Waals surface area contributed by atoms with Crippen LogP contribution in [0.3, 0.4) is 0 Å². The molecular weight excluding hydrogens is 360 g/mol. The van der Waals surface area contributed by atoms with Crippen molar-refractivity contribution in [1.29, 1.82) is 0 Å². The highest BCUT2D eigenvalue weighted by atomic mass is 32.2. The van der Waals surface area contributed by atoms with Gasteiger partial charge >= 0.3 is 0 Å². The number of benzene rings is 2. The minimum Gasteiger partial charge on any atom is -0.484 e. The molecule has 0 fully saturated rings. The standard InChI is InChI=1S/C21H26N2O3S/c1-15(2)16-8-7-9-17(12-16)26-14-21(25)23(3)13-20(24)22-18-10-5-6-11-19(18)27-4/h5-12,15H,13-14H2,1-4H3,(H,22,24). The predicted molar refractivity (Wildman–Crippen MR) is 111 cm³/mol. The topological polar surface area (TPSA) is 58.6 Å². The van der Waals surface area contributed by atoms with Crippen molar-refractivity contribution >= 4 is 29.3 Å². The average molecular weight is 387 g/mol. The van der Waals surface area contributed by atoms with E-state index in [1.54, 1.807) is 18.8 Å². The van der Waals surface area contributed by atoms with E-state index in [9.17, 15) is 9.59 Å². The Hall–Kier alpha value is -2.47. The highest BCUT2D eigenvalue weighted by Gasteiger charge is 2.15. The van der Waals surface area contributed by atoms with Gasteiger partial charge in [-0.15, -0.1) is 11.8 Å². The van der Waals surface area contributed by atoms with Crippen LogP contribution >= 0.6 is 11.8 Å². The van der Waals surface area contributed by atoms with Crippen LogP contribution in [0.1, 0.15) is 25.3 Å². The van der Waals surface area contributed by atoms with Crippen molar-refractivity contribution in [3.05, 3.63) is 54.1 Å². The maximum Gasteiger partial charge on any atom is 0.260 e. The lowest BCUT2D eigenvalue weighted by Crippen LogP contribution is -2.37. The Morgan fingerprint density at radius 2 is 1.89 bits per heavy atom. The summed E-state index contributed by atoms with van der Waals surface area (Å²) in [5, 5.41) is 2.85. The van der Waals surface area contributed by atoms with Gasteiger partial charge in [0.25, 0.3) is 5.91 Å². The number of nitrogens with zero attached hydrogens (tertiary/aromatic N) is 1. The first-order valence-electron chi connectivity index (χ1n) is 8.80. The van der Waals surface area contributed by atoms with Crippen molar-refractivity contribution in [2.24, 2.45) is 0 Å². The summed E-state index contributed by atoms with van der Waals surface area (Å²) in [5.41, 5.74) is 1.90. The van der Waals surface area contributed by atoms with Gasteiger partial charge in [-0.1, -0.05) is 38.1 Å². The molecule has 0 aliphatic rings. The van der Waals surface area contributed by atoms with Crippen molar-refractivity contribution in [3.8, 4) is 5.75 Å². The zero-order chi connectivity index (χ0) is 19.8. The second-order valence-electron chi connectivity index (χ2n) is 6.51. The molecule has 0 aromatic heterocycles. The average Bonchev–Trinajstić information content (AvgIpc) is 2.66. The number of rotatable bonds is 8. The van der Waals surface area contributed by atoms with Crippen LogP contribution in [0.4, 0.5) is 5.69 Å². The van der Waals surface area contributed by atoms with Gasteiger partial charge in [-0.3, -0.25) is 9.59 Å². The molecule has 0 saturated heterocycles. The van der Waals surface area contributed by atoms with Crippen LogP contribution in [-0.2, 0) is 9.59 Å². The number of amides is 2. The van der Waals surface area contributed by atoms with Crippen LogP contribution in [0.2, 0.25) is 0 Å². The Kier molecular flexibility index (Phi) is 7.73. The molecule has 5 nitrogen and oxygen atoms in total. The summed E-state index contributed by atoms with van der Waals surface area (Å²) in [5.74, 6) is 0.550. The molecule has 1 N–H and O–H groups in total. The minimum atomic E-state index is -0.252. The van der Waals surface area contributed by atoms with E-state index in [1.807, 2.05) is 54.8 Å². The van der Waals surface area contributed by atoms with Crippen LogP contribution in [0.5, 0.6) is 5.75 Å². The van der Waals surface area contributed by atoms with Crippen molar-refractivity contribution in [2.75, 3.05) is 31.8 Å². The van der Waals surface area contributed by atoms with E-state index in [1.165, 1.54) is 4.90 Å². The molecule has 0 saturated carbocycles. The summed E-state index contributed by atoms with van der Waals surface area (Å²) in [6.45, 7) is 4.07. The molecule has 0 spiro atoms. The van der Waals surface area contributed by atoms with Crippen molar-refractivity contribution in [1.82, 2.24) is 4.90 Å². The summed E-state index contributed by atoms with van der Waals surface area (Å²) in [6.07, 6.45) is 1.95. The molecule has 0 aliphatic carbocycles. The van der Waals surface area contributed by atoms with Gasteiger partial charge in [0.15, 0.2) is 6.61 Å². The second kappa shape index (κ2) is 10.0. The molecule has 0 heterocycles. The smallest absolute Gasteiger partial charge is 0.260 e. The maximum atomic E-state index is 12.3. The minimum absolute atomic E-state index is 0.0308. The number of para-hydroxylation sites is 1. The molecule has 27 heavy (non-hydrogen) atoms. The molecule has 0 atom stereocenters. The second-order valence-corrected chi connectivity index (χ2v) is 7.36. The van der Waals surface area contributed by atoms with E-state index < -0.39 is 0 Å². The zero-order valence-electron chi connectivity index (χ0n) is 16.2. The summed E-state index contributed by atoms with van der Waals surface area (Å²) in [4.78, 5) is 26.8. The molecule has 0 unspecified atom stereocenters. The maximum absolute atomic E-state index is 12.3. The zero-order valence-corrected chi connectivity index (χ0v) is 17.0. The van der Waals surface area contributed by atoms with Crippen LogP contribution in [-0.4, -0.2) is 43.2 Å². The van der Waals surface area contributed by atoms with E-state index in [2.05, 4.69) is 19.2 Å². The molecule has 0 bridgehead atoms. The lowest BCUT2D eigenvalue weighted by molar-refractivity contribution is -0.135. The fraction of sp³-hybridized carbons (Fsp3) is 0.333. The highest BCUT2D eigenvalue weighted by molar-refractivity contribution is 7.98. The van der Waals surface area contributed by atoms with Crippen LogP contribution in [0.15, 0.2) is 53.4 Å². The van der Waals surface area contributed by atoms with Crippen LogP contribution in [0, 0.1) is 0 Å². The monoisotopic (exact) mass is 386 g/mol. The van der Waals surface area contributed by atoms with Gasteiger partial charge in [-0.2, -0.15) is 0 Å². The molecule has 2 rings (SSSR count). The molecule has 2 amide bonds. The molecular formula is C21H26N2O3S. The third-order valence-corrected chi connectivity index (χ3v) is 4.87. The number of nitrogens with one attached hydrogen (secondary N) is 1. The van der Waals surface area contributed by atoms with Gasteiger partial charge in [-0.05, 0) is 42.0 Å². The molecule has 0 aliphatic heterocycles. The number of likely N-dealkylation sites (N-methyl/N-ethyl adjacent to an activating group) is 1. The number of carbonyl (C=O) groups is 2. The number of hydrogen-bond donors (Lipinski definition) is 1. The highest BCUT2D eigenvalue weighted by Crippen LogP contribution is 2.24. The fourth-order valence-corrected chi connectivity index (χ4v) is 3.01. The third-order valence-electron chi connectivity index (χ3n) is 4.07. The van der Waals surface area contributed by atoms with Gasteiger partial charge < -0.3 is 15.0 Å². The summed E-state index contributed by atoms with van der Waals surface area (Å²) in [7, 11) is 1.59. The summed E-state index contributed by atoms with van der Waals surface area (Å²) in [6, 6.07) is 15.3. The van der Waals surface area contributed by atoms with Crippen molar-refractivity contribution in [3.63, 3.8) is 0 Å². The normalized spacial score (nSPS) is 10.6. The molecule has 2 aromatic rings. The van der Waals surface area contributed by atoms with E-state index in [0.29, 0.717) is 11.7 Å². The van der Waals surface area contributed by atoms with Gasteiger partial charge in [0, 0.05) is 11.9 Å². The van der Waals surface area contributed by atoms with Crippen molar-refractivity contribution in [2.45, 2.75) is 24.7 Å². The first kappa shape index (κ1) is 20.8. The Bertz CT molecular complexity index is 793. The van der Waals surface area contributed by atoms with Gasteiger partial charge in [0.2, 0.25) is 5.91 Å². The molecule has 6 heteroatoms. The van der Waals surface area contributed by atoms with Crippen LogP contribution in [0.25, 0.3) is 0 Å². The Morgan fingerprint density at radius 3 is 2.59 bits per heavy atom. The summed E-state index contributed by atoms with van der Waals surface area (Å²) < 4.78 is 5.59. The van der Waals surface area contributed by atoms with E-state index in [4.69, 9.17) is 4.74 Å². The first-order chi connectivity index (χ1) is 12.9. The van der Waals surface area contributed by atoms with E-state index >= 15 is 0 Å². The van der Waals surface area contributed by atoms with Gasteiger partial charge in [0.05, 0.1) is 12.2 Å². The first-order valence-corrected chi connectivity index (χ1v) is 10.0. The lowest BCUT2D eigenvalue weighted by Gasteiger charge is -2.18. The van der Waals surface area contributed by atoms with Gasteiger partial charge in [0.1, 0.15) is 5.75 Å². The fourth-order valence-electron chi connectivity index (χ4n) is 2.46. The Labute approximate surface area is 165 Å². The quantitative estimate of drug-likeness (QED) is 0.697. The number of thioether (sulfide) groups is 1. The van der Waals surface area contributed by atoms with Crippen LogP contribution < -0.4 is 10.1 Å². The number of hydrogen-bond acceptors (Lipinski definition) is 4. The lowest BCUT2D eigenvalue weighted by atomic mass is 10.0. The predicted octanol–water partition coefficient (Wildman–Crippen LogP) is 4.01. The number of ether oxygens (including phenoxy) is 1. The van der Waals surface area contributed by atoms with E-state index in [-0.39, 0.29) is 25.0 Å². The molecule has 144 valence electrons. The third kappa shape index (κ3) is 6.32. The largest absolute Gasteiger partial charge is 0.484 e. The SMILES string of the molecule is CSc1ccccc1NC(=O)CN(C)C(=O)COc1cccc(C(C)C)c1. The van der Waals surface area contributed by atoms with Gasteiger partial charge in [-0.25, -0.2) is 0 Å². The molecule has 0 radical (unpaired) electrons. The molecule has 2 aromatic carbocycles. The summed E-state index contributed by atoms with van der Waals surface area (Å²) >= 11 is 1.56. The Balaban J connectivity index is 1.86. The number of carbonyl (C=O) groups excluding carboxylic acids is 2. The Morgan fingerprint density at radius 1 is 1.15 bits per heavy atom. The van der Waals surface area contributed by atoms with E-state index in [0.717, 1.165) is 16.1 Å². The van der Waals surface area contributed by atoms with Crippen molar-refractivity contribution < 1.29 is 14.3 Å².